The van der Waals surface area contributed by atoms with Gasteiger partial charge in [-0.2, -0.15) is 0 Å². The van der Waals surface area contributed by atoms with Crippen LogP contribution in [0.1, 0.15) is 37.8 Å². The first kappa shape index (κ1) is 12.6. The maximum Gasteiger partial charge on any atom is 0.0522 e. The van der Waals surface area contributed by atoms with Crippen molar-refractivity contribution < 1.29 is 5.11 Å². The number of hydrogen-bond donors (Lipinski definition) is 2. The third-order valence-electron chi connectivity index (χ3n) is 3.78. The highest BCUT2D eigenvalue weighted by molar-refractivity contribution is 5.28. The Kier molecular flexibility index (Phi) is 3.85. The Balaban J connectivity index is 2.02. The molecule has 1 atom stereocenters. The van der Waals surface area contributed by atoms with Gasteiger partial charge in [0, 0.05) is 11.5 Å². The summed E-state index contributed by atoms with van der Waals surface area (Å²) in [6, 6.07) is 9.37. The summed E-state index contributed by atoms with van der Waals surface area (Å²) in [5.41, 5.74) is 2.47. The molecule has 2 nitrogen and oxygen atoms in total. The molecule has 1 aliphatic rings. The molecule has 2 rings (SSSR count). The molecule has 1 heterocycles. The van der Waals surface area contributed by atoms with Crippen LogP contribution in [0.25, 0.3) is 0 Å². The van der Waals surface area contributed by atoms with Crippen molar-refractivity contribution >= 4 is 0 Å². The normalized spacial score (nSPS) is 20.8. The first-order valence-electron chi connectivity index (χ1n) is 6.55. The van der Waals surface area contributed by atoms with E-state index in [1.165, 1.54) is 30.5 Å². The third kappa shape index (κ3) is 3.08. The van der Waals surface area contributed by atoms with Crippen LogP contribution >= 0.6 is 0 Å². The van der Waals surface area contributed by atoms with E-state index in [1.807, 2.05) is 0 Å². The topological polar surface area (TPSA) is 32.3 Å². The highest BCUT2D eigenvalue weighted by Gasteiger charge is 2.19. The lowest BCUT2D eigenvalue weighted by atomic mass is 9.85. The summed E-state index contributed by atoms with van der Waals surface area (Å²) in [6.07, 6.45) is 3.73. The van der Waals surface area contributed by atoms with Gasteiger partial charge in [0.25, 0.3) is 0 Å². The molecule has 1 aromatic carbocycles. The fourth-order valence-electron chi connectivity index (χ4n) is 2.40. The van der Waals surface area contributed by atoms with Crippen LogP contribution in [0.15, 0.2) is 24.3 Å². The van der Waals surface area contributed by atoms with Crippen LogP contribution < -0.4 is 5.32 Å². The van der Waals surface area contributed by atoms with E-state index in [-0.39, 0.29) is 12.0 Å². The molecule has 0 spiro atoms. The first-order valence-corrected chi connectivity index (χ1v) is 6.55. The zero-order valence-electron chi connectivity index (χ0n) is 10.9. The Bertz CT molecular complexity index is 350. The second-order valence-corrected chi connectivity index (χ2v) is 5.74. The molecular formula is C15H23NO. The summed E-state index contributed by atoms with van der Waals surface area (Å²) in [6.45, 7) is 5.50. The van der Waals surface area contributed by atoms with E-state index in [0.29, 0.717) is 6.04 Å². The van der Waals surface area contributed by atoms with Crippen LogP contribution in [0, 0.1) is 0 Å². The van der Waals surface area contributed by atoms with Crippen molar-refractivity contribution in [2.45, 2.75) is 44.6 Å². The Morgan fingerprint density at radius 1 is 1.29 bits per heavy atom. The predicted octanol–water partition coefficient (Wildman–Crippen LogP) is 2.25. The van der Waals surface area contributed by atoms with E-state index in [9.17, 15) is 5.11 Å². The molecule has 0 aliphatic carbocycles. The zero-order chi connectivity index (χ0) is 12.3. The second kappa shape index (κ2) is 5.19. The van der Waals surface area contributed by atoms with Gasteiger partial charge in [0.15, 0.2) is 0 Å². The van der Waals surface area contributed by atoms with E-state index < -0.39 is 0 Å². The molecule has 17 heavy (non-hydrogen) atoms. The van der Waals surface area contributed by atoms with Crippen LogP contribution in [0.2, 0.25) is 0 Å². The van der Waals surface area contributed by atoms with Crippen LogP contribution in [0.4, 0.5) is 0 Å². The standard InChI is InChI=1S/C15H23NO/c1-15(2,11-17)13-7-5-12(6-8-13)10-14-4-3-9-16-14/h5-8,14,16-17H,3-4,9-11H2,1-2H3. The van der Waals surface area contributed by atoms with Crippen molar-refractivity contribution in [2.75, 3.05) is 13.2 Å². The molecular weight excluding hydrogens is 210 g/mol. The highest BCUT2D eigenvalue weighted by atomic mass is 16.3. The molecule has 0 radical (unpaired) electrons. The lowest BCUT2D eigenvalue weighted by molar-refractivity contribution is 0.218. The van der Waals surface area contributed by atoms with Crippen LogP contribution in [0.3, 0.4) is 0 Å². The van der Waals surface area contributed by atoms with Gasteiger partial charge in [-0.05, 0) is 36.9 Å². The summed E-state index contributed by atoms with van der Waals surface area (Å²) in [7, 11) is 0. The molecule has 1 saturated heterocycles. The largest absolute Gasteiger partial charge is 0.395 e. The van der Waals surface area contributed by atoms with Crippen molar-refractivity contribution in [3.05, 3.63) is 35.4 Å². The molecule has 2 N–H and O–H groups in total. The van der Waals surface area contributed by atoms with E-state index in [4.69, 9.17) is 0 Å². The number of rotatable bonds is 4. The molecule has 1 aliphatic heterocycles. The van der Waals surface area contributed by atoms with Gasteiger partial charge in [-0.15, -0.1) is 0 Å². The van der Waals surface area contributed by atoms with E-state index in [0.717, 1.165) is 6.42 Å². The minimum absolute atomic E-state index is 0.135. The number of aliphatic hydroxyl groups excluding tert-OH is 1. The molecule has 94 valence electrons. The summed E-state index contributed by atoms with van der Waals surface area (Å²) < 4.78 is 0. The van der Waals surface area contributed by atoms with Gasteiger partial charge in [-0.1, -0.05) is 38.1 Å². The number of aliphatic hydroxyl groups is 1. The molecule has 1 fully saturated rings. The van der Waals surface area contributed by atoms with Crippen LogP contribution in [-0.4, -0.2) is 24.3 Å². The summed E-state index contributed by atoms with van der Waals surface area (Å²) in [5, 5.41) is 12.9. The van der Waals surface area contributed by atoms with Crippen molar-refractivity contribution in [3.63, 3.8) is 0 Å². The van der Waals surface area contributed by atoms with Gasteiger partial charge in [0.1, 0.15) is 0 Å². The maximum absolute atomic E-state index is 9.34. The molecule has 0 saturated carbocycles. The second-order valence-electron chi connectivity index (χ2n) is 5.74. The molecule has 0 bridgehead atoms. The number of hydrogen-bond acceptors (Lipinski definition) is 2. The Labute approximate surface area is 104 Å². The molecule has 0 aromatic heterocycles. The summed E-state index contributed by atoms with van der Waals surface area (Å²) in [5.74, 6) is 0. The molecule has 1 unspecified atom stereocenters. The lowest BCUT2D eigenvalue weighted by Crippen LogP contribution is -2.24. The summed E-state index contributed by atoms with van der Waals surface area (Å²) in [4.78, 5) is 0. The fourth-order valence-corrected chi connectivity index (χ4v) is 2.40. The quantitative estimate of drug-likeness (QED) is 0.836. The van der Waals surface area contributed by atoms with Gasteiger partial charge < -0.3 is 10.4 Å². The first-order chi connectivity index (χ1) is 8.12. The molecule has 2 heteroatoms. The third-order valence-corrected chi connectivity index (χ3v) is 3.78. The van der Waals surface area contributed by atoms with Gasteiger partial charge in [-0.25, -0.2) is 0 Å². The van der Waals surface area contributed by atoms with Crippen LogP contribution in [0.5, 0.6) is 0 Å². The van der Waals surface area contributed by atoms with Crippen LogP contribution in [-0.2, 0) is 11.8 Å². The monoisotopic (exact) mass is 233 g/mol. The number of benzene rings is 1. The predicted molar refractivity (Wildman–Crippen MR) is 71.3 cm³/mol. The number of nitrogens with one attached hydrogen (secondary N) is 1. The van der Waals surface area contributed by atoms with Crippen molar-refractivity contribution in [1.29, 1.82) is 0 Å². The Hall–Kier alpha value is -0.860. The van der Waals surface area contributed by atoms with E-state index >= 15 is 0 Å². The van der Waals surface area contributed by atoms with Gasteiger partial charge >= 0.3 is 0 Å². The Morgan fingerprint density at radius 3 is 2.53 bits per heavy atom. The lowest BCUT2D eigenvalue weighted by Gasteiger charge is -2.22. The van der Waals surface area contributed by atoms with Gasteiger partial charge in [-0.3, -0.25) is 0 Å². The van der Waals surface area contributed by atoms with E-state index in [2.05, 4.69) is 43.4 Å². The smallest absolute Gasteiger partial charge is 0.0522 e. The average molecular weight is 233 g/mol. The zero-order valence-corrected chi connectivity index (χ0v) is 10.9. The van der Waals surface area contributed by atoms with Crippen molar-refractivity contribution in [3.8, 4) is 0 Å². The maximum atomic E-state index is 9.34. The van der Waals surface area contributed by atoms with Crippen molar-refractivity contribution in [2.24, 2.45) is 0 Å². The van der Waals surface area contributed by atoms with Gasteiger partial charge in [0.05, 0.1) is 6.61 Å². The minimum Gasteiger partial charge on any atom is -0.395 e. The fraction of sp³-hybridized carbons (Fsp3) is 0.600. The SMILES string of the molecule is CC(C)(CO)c1ccc(CC2CCCN2)cc1. The molecule has 1 aromatic rings. The minimum atomic E-state index is -0.135. The highest BCUT2D eigenvalue weighted by Crippen LogP contribution is 2.23. The molecule has 0 amide bonds. The van der Waals surface area contributed by atoms with Gasteiger partial charge in [0.2, 0.25) is 0 Å². The Morgan fingerprint density at radius 2 is 2.00 bits per heavy atom. The average Bonchev–Trinajstić information content (AvgIpc) is 2.83. The van der Waals surface area contributed by atoms with Crippen molar-refractivity contribution in [1.82, 2.24) is 5.32 Å². The summed E-state index contributed by atoms with van der Waals surface area (Å²) >= 11 is 0. The van der Waals surface area contributed by atoms with E-state index in [1.54, 1.807) is 0 Å².